The number of halogens is 2. The standard InChI is InChI=1S/C19H22Cl2N4O5S2/c1-30-17-6-3-11(23-18(26)15(7-8-31-2)24-19(22)27)9-16(17)25-32(28,29)12-4-5-13(20)14(21)10-12/h3-6,9-10,15,25H,7-8H2,1-2H3,(H,23,26)(H3,22,24,27)/t15-/m0/s1. The van der Waals surface area contributed by atoms with Crippen molar-refractivity contribution in [3.63, 3.8) is 0 Å². The van der Waals surface area contributed by atoms with Gasteiger partial charge < -0.3 is 21.1 Å². The number of urea groups is 1. The lowest BCUT2D eigenvalue weighted by molar-refractivity contribution is -0.117. The number of amides is 3. The molecule has 0 saturated heterocycles. The molecule has 2 rings (SSSR count). The van der Waals surface area contributed by atoms with E-state index in [1.54, 1.807) is 0 Å². The van der Waals surface area contributed by atoms with Gasteiger partial charge in [0.25, 0.3) is 10.0 Å². The highest BCUT2D eigenvalue weighted by molar-refractivity contribution is 7.98. The monoisotopic (exact) mass is 520 g/mol. The number of primary amides is 1. The van der Waals surface area contributed by atoms with Crippen molar-refractivity contribution in [2.24, 2.45) is 5.73 Å². The molecule has 0 aliphatic rings. The summed E-state index contributed by atoms with van der Waals surface area (Å²) in [6.45, 7) is 0. The zero-order valence-electron chi connectivity index (χ0n) is 17.1. The number of rotatable bonds is 10. The molecular weight excluding hydrogens is 499 g/mol. The fourth-order valence-corrected chi connectivity index (χ4v) is 4.54. The number of methoxy groups -OCH3 is 1. The SMILES string of the molecule is COc1ccc(NC(=O)[C@H](CCSC)NC(N)=O)cc1NS(=O)(=O)c1ccc(Cl)c(Cl)c1. The van der Waals surface area contributed by atoms with Crippen LogP contribution in [0, 0.1) is 0 Å². The van der Waals surface area contributed by atoms with E-state index < -0.39 is 28.0 Å². The van der Waals surface area contributed by atoms with Crippen LogP contribution in [-0.4, -0.2) is 45.5 Å². The minimum absolute atomic E-state index is 0.0832. The second-order valence-electron chi connectivity index (χ2n) is 6.43. The van der Waals surface area contributed by atoms with E-state index in [4.69, 9.17) is 33.7 Å². The van der Waals surface area contributed by atoms with Crippen molar-refractivity contribution < 1.29 is 22.7 Å². The molecule has 0 bridgehead atoms. The molecule has 32 heavy (non-hydrogen) atoms. The Balaban J connectivity index is 2.28. The molecule has 9 nitrogen and oxygen atoms in total. The average molecular weight is 521 g/mol. The number of thioether (sulfide) groups is 1. The van der Waals surface area contributed by atoms with Crippen LogP contribution >= 0.6 is 35.0 Å². The first-order valence-electron chi connectivity index (χ1n) is 9.09. The molecule has 5 N–H and O–H groups in total. The summed E-state index contributed by atoms with van der Waals surface area (Å²) in [6.07, 6.45) is 2.23. The quantitative estimate of drug-likeness (QED) is 0.377. The molecule has 0 heterocycles. The van der Waals surface area contributed by atoms with E-state index in [1.165, 1.54) is 55.3 Å². The van der Waals surface area contributed by atoms with Gasteiger partial charge in [0.1, 0.15) is 11.8 Å². The number of carbonyl (C=O) groups is 2. The number of nitrogens with two attached hydrogens (primary N) is 1. The summed E-state index contributed by atoms with van der Waals surface area (Å²) in [6, 6.07) is 6.63. The van der Waals surface area contributed by atoms with Gasteiger partial charge >= 0.3 is 6.03 Å². The van der Waals surface area contributed by atoms with E-state index in [9.17, 15) is 18.0 Å². The smallest absolute Gasteiger partial charge is 0.312 e. The molecule has 0 spiro atoms. The van der Waals surface area contributed by atoms with Gasteiger partial charge in [0.2, 0.25) is 5.91 Å². The van der Waals surface area contributed by atoms with Crippen molar-refractivity contribution in [3.8, 4) is 5.75 Å². The van der Waals surface area contributed by atoms with Crippen LogP contribution in [0.25, 0.3) is 0 Å². The maximum atomic E-state index is 12.8. The Morgan fingerprint density at radius 2 is 1.88 bits per heavy atom. The maximum Gasteiger partial charge on any atom is 0.312 e. The van der Waals surface area contributed by atoms with E-state index in [1.807, 2.05) is 6.26 Å². The predicted molar refractivity (Wildman–Crippen MR) is 128 cm³/mol. The molecule has 0 aliphatic carbocycles. The number of anilines is 2. The fourth-order valence-electron chi connectivity index (χ4n) is 2.62. The lowest BCUT2D eigenvalue weighted by Gasteiger charge is -2.18. The molecule has 0 saturated carbocycles. The Labute approximate surface area is 200 Å². The summed E-state index contributed by atoms with van der Waals surface area (Å²) in [5, 5.41) is 5.34. The summed E-state index contributed by atoms with van der Waals surface area (Å²) in [7, 11) is -2.66. The van der Waals surface area contributed by atoms with Crippen molar-refractivity contribution in [2.45, 2.75) is 17.4 Å². The minimum atomic E-state index is -4.04. The number of benzene rings is 2. The van der Waals surface area contributed by atoms with Crippen LogP contribution in [0.2, 0.25) is 10.0 Å². The van der Waals surface area contributed by atoms with Crippen LogP contribution in [-0.2, 0) is 14.8 Å². The van der Waals surface area contributed by atoms with Gasteiger partial charge in [0, 0.05) is 5.69 Å². The largest absolute Gasteiger partial charge is 0.495 e. The first-order chi connectivity index (χ1) is 15.1. The fraction of sp³-hybridized carbons (Fsp3) is 0.263. The number of ether oxygens (including phenoxy) is 1. The van der Waals surface area contributed by atoms with Gasteiger partial charge in [-0.25, -0.2) is 13.2 Å². The average Bonchev–Trinajstić information content (AvgIpc) is 2.72. The van der Waals surface area contributed by atoms with Crippen LogP contribution < -0.4 is 25.8 Å². The molecule has 0 radical (unpaired) electrons. The highest BCUT2D eigenvalue weighted by Gasteiger charge is 2.21. The Kier molecular flexibility index (Phi) is 9.32. The highest BCUT2D eigenvalue weighted by atomic mass is 35.5. The van der Waals surface area contributed by atoms with Gasteiger partial charge in [0.05, 0.1) is 27.7 Å². The van der Waals surface area contributed by atoms with Crippen LogP contribution in [0.1, 0.15) is 6.42 Å². The normalized spacial score (nSPS) is 12.0. The summed E-state index contributed by atoms with van der Waals surface area (Å²) in [4.78, 5) is 23.7. The Morgan fingerprint density at radius 1 is 1.16 bits per heavy atom. The van der Waals surface area contributed by atoms with Crippen LogP contribution in [0.5, 0.6) is 5.75 Å². The minimum Gasteiger partial charge on any atom is -0.495 e. The first-order valence-corrected chi connectivity index (χ1v) is 12.7. The Bertz CT molecular complexity index is 1100. The van der Waals surface area contributed by atoms with Gasteiger partial charge in [-0.3, -0.25) is 9.52 Å². The highest BCUT2D eigenvalue weighted by Crippen LogP contribution is 2.31. The molecule has 3 amide bonds. The number of hydrogen-bond donors (Lipinski definition) is 4. The van der Waals surface area contributed by atoms with Crippen LogP contribution in [0.15, 0.2) is 41.3 Å². The first kappa shape index (κ1) is 25.9. The van der Waals surface area contributed by atoms with E-state index in [0.717, 1.165) is 0 Å². The van der Waals surface area contributed by atoms with E-state index in [2.05, 4.69) is 15.4 Å². The maximum absolute atomic E-state index is 12.8. The van der Waals surface area contributed by atoms with Crippen molar-refractivity contribution in [1.82, 2.24) is 5.32 Å². The third-order valence-electron chi connectivity index (χ3n) is 4.16. The third-order valence-corrected chi connectivity index (χ3v) is 6.90. The number of sulfonamides is 1. The second-order valence-corrected chi connectivity index (χ2v) is 9.91. The number of nitrogens with one attached hydrogen (secondary N) is 3. The molecule has 2 aromatic carbocycles. The van der Waals surface area contributed by atoms with Crippen molar-refractivity contribution in [2.75, 3.05) is 29.2 Å². The third kappa shape index (κ3) is 7.09. The topological polar surface area (TPSA) is 140 Å². The van der Waals surface area contributed by atoms with Gasteiger partial charge in [-0.15, -0.1) is 0 Å². The van der Waals surface area contributed by atoms with Crippen LogP contribution in [0.4, 0.5) is 16.2 Å². The molecule has 13 heteroatoms. The van der Waals surface area contributed by atoms with Gasteiger partial charge in [-0.2, -0.15) is 11.8 Å². The molecular formula is C19H22Cl2N4O5S2. The summed E-state index contributed by atoms with van der Waals surface area (Å²) in [5.41, 5.74) is 5.52. The molecule has 0 fully saturated rings. The second kappa shape index (κ2) is 11.5. The lowest BCUT2D eigenvalue weighted by atomic mass is 10.2. The van der Waals surface area contributed by atoms with E-state index >= 15 is 0 Å². The van der Waals surface area contributed by atoms with E-state index in [0.29, 0.717) is 12.2 Å². The summed E-state index contributed by atoms with van der Waals surface area (Å²) >= 11 is 13.3. The van der Waals surface area contributed by atoms with Crippen molar-refractivity contribution in [3.05, 3.63) is 46.4 Å². The summed E-state index contributed by atoms with van der Waals surface area (Å²) < 4.78 is 33.2. The molecule has 1 atom stereocenters. The lowest BCUT2D eigenvalue weighted by Crippen LogP contribution is -2.46. The van der Waals surface area contributed by atoms with Crippen molar-refractivity contribution >= 4 is 68.3 Å². The zero-order valence-corrected chi connectivity index (χ0v) is 20.3. The van der Waals surface area contributed by atoms with E-state index in [-0.39, 0.29) is 32.1 Å². The molecule has 0 aliphatic heterocycles. The Morgan fingerprint density at radius 3 is 2.47 bits per heavy atom. The van der Waals surface area contributed by atoms with Gasteiger partial charge in [0.15, 0.2) is 0 Å². The predicted octanol–water partition coefficient (Wildman–Crippen LogP) is 3.53. The van der Waals surface area contributed by atoms with Gasteiger partial charge in [-0.05, 0) is 54.8 Å². The zero-order chi connectivity index (χ0) is 23.9. The number of hydrogen-bond acceptors (Lipinski definition) is 6. The van der Waals surface area contributed by atoms with Gasteiger partial charge in [-0.1, -0.05) is 23.2 Å². The Hall–Kier alpha value is -2.34. The van der Waals surface area contributed by atoms with Crippen LogP contribution in [0.3, 0.4) is 0 Å². The molecule has 174 valence electrons. The number of carbonyl (C=O) groups excluding carboxylic acids is 2. The molecule has 0 unspecified atom stereocenters. The molecule has 0 aromatic heterocycles. The summed E-state index contributed by atoms with van der Waals surface area (Å²) in [5.74, 6) is 0.345. The van der Waals surface area contributed by atoms with Crippen molar-refractivity contribution in [1.29, 1.82) is 0 Å². The molecule has 2 aromatic rings.